The normalized spacial score (nSPS) is 14.7. The van der Waals surface area contributed by atoms with Gasteiger partial charge in [0.1, 0.15) is 0 Å². The highest BCUT2D eigenvalue weighted by atomic mass is 16.5. The highest BCUT2D eigenvalue weighted by Crippen LogP contribution is 2.18. The van der Waals surface area contributed by atoms with E-state index in [2.05, 4.69) is 49.0 Å². The molecule has 0 aromatic rings. The van der Waals surface area contributed by atoms with Crippen LogP contribution in [0.25, 0.3) is 0 Å². The average Bonchev–Trinajstić information content (AvgIpc) is 3.16. The summed E-state index contributed by atoms with van der Waals surface area (Å²) in [5, 5.41) is 3.41. The van der Waals surface area contributed by atoms with E-state index in [-0.39, 0.29) is 23.9 Å². The van der Waals surface area contributed by atoms with Crippen molar-refractivity contribution >= 4 is 17.8 Å². The van der Waals surface area contributed by atoms with Gasteiger partial charge >= 0.3 is 11.9 Å². The summed E-state index contributed by atoms with van der Waals surface area (Å²) in [7, 11) is 0. The van der Waals surface area contributed by atoms with E-state index in [0.29, 0.717) is 44.4 Å². The minimum absolute atomic E-state index is 0.0331. The number of nitrogens with zero attached hydrogens (tertiary/aromatic N) is 1. The van der Waals surface area contributed by atoms with E-state index in [9.17, 15) is 14.4 Å². The van der Waals surface area contributed by atoms with Crippen molar-refractivity contribution in [1.29, 1.82) is 0 Å². The van der Waals surface area contributed by atoms with E-state index in [1.807, 2.05) is 6.08 Å². The standard InChI is InChI=1S/C47H84N2O5/c1-5-8-28-42(4)35-39-53-46(51)33-24-19-15-11-13-17-22-31-44(48-45(50)41-49-37-26-21-27-38-49)32-23-18-14-12-16-20-25-34-47(52)54-40-36-43(29-9-6-2)30-10-7-3/h29,42-44H,2,5,7-8,10-28,30-41H2,1,3-4H3,(H,48,50). The molecule has 0 aromatic carbocycles. The molecule has 1 aliphatic rings. The third-order valence-electron chi connectivity index (χ3n) is 11.1. The van der Waals surface area contributed by atoms with Crippen molar-refractivity contribution < 1.29 is 23.9 Å². The van der Waals surface area contributed by atoms with Crippen molar-refractivity contribution in [1.82, 2.24) is 10.2 Å². The smallest absolute Gasteiger partial charge is 0.305 e. The van der Waals surface area contributed by atoms with Crippen LogP contribution in [0.2, 0.25) is 0 Å². The monoisotopic (exact) mass is 757 g/mol. The number of likely N-dealkylation sites (tertiary alicyclic amines) is 1. The van der Waals surface area contributed by atoms with Gasteiger partial charge in [0.05, 0.1) is 19.8 Å². The summed E-state index contributed by atoms with van der Waals surface area (Å²) in [5.74, 6) is 1.09. The van der Waals surface area contributed by atoms with Gasteiger partial charge in [-0.25, -0.2) is 0 Å². The van der Waals surface area contributed by atoms with E-state index in [0.717, 1.165) is 103 Å². The number of carbonyl (C=O) groups is 3. The molecule has 1 amide bonds. The Kier molecular flexibility index (Phi) is 33.4. The van der Waals surface area contributed by atoms with Crippen molar-refractivity contribution in [2.75, 3.05) is 32.8 Å². The number of carbonyl (C=O) groups excluding carboxylic acids is 3. The lowest BCUT2D eigenvalue weighted by Crippen LogP contribution is -2.43. The Hall–Kier alpha value is -2.33. The fourth-order valence-corrected chi connectivity index (χ4v) is 7.46. The van der Waals surface area contributed by atoms with Crippen LogP contribution in [0.4, 0.5) is 0 Å². The zero-order valence-electron chi connectivity index (χ0n) is 35.5. The molecule has 3 unspecified atom stereocenters. The fourth-order valence-electron chi connectivity index (χ4n) is 7.46. The van der Waals surface area contributed by atoms with Crippen LogP contribution >= 0.6 is 0 Å². The number of amides is 1. The predicted molar refractivity (Wildman–Crippen MR) is 225 cm³/mol. The Balaban J connectivity index is 2.20. The number of hydrogen-bond acceptors (Lipinski definition) is 6. The van der Waals surface area contributed by atoms with Crippen molar-refractivity contribution in [2.24, 2.45) is 11.8 Å². The molecule has 3 atom stereocenters. The molecule has 1 aliphatic heterocycles. The zero-order valence-corrected chi connectivity index (χ0v) is 35.5. The van der Waals surface area contributed by atoms with Gasteiger partial charge in [-0.2, -0.15) is 0 Å². The highest BCUT2D eigenvalue weighted by Gasteiger charge is 2.17. The average molecular weight is 757 g/mol. The number of unbranched alkanes of at least 4 members (excludes halogenated alkanes) is 14. The van der Waals surface area contributed by atoms with Crippen LogP contribution in [0.5, 0.6) is 0 Å². The Morgan fingerprint density at radius 3 is 1.69 bits per heavy atom. The minimum Gasteiger partial charge on any atom is -0.466 e. The zero-order chi connectivity index (χ0) is 39.3. The van der Waals surface area contributed by atoms with Crippen LogP contribution in [-0.2, 0) is 23.9 Å². The first-order chi connectivity index (χ1) is 26.4. The van der Waals surface area contributed by atoms with Gasteiger partial charge in [0.15, 0.2) is 0 Å². The number of ether oxygens (including phenoxy) is 2. The second-order valence-electron chi connectivity index (χ2n) is 16.3. The molecule has 1 N–H and O–H groups in total. The van der Waals surface area contributed by atoms with Crippen LogP contribution in [0.3, 0.4) is 0 Å². The summed E-state index contributed by atoms with van der Waals surface area (Å²) in [6, 6.07) is 0.269. The Morgan fingerprint density at radius 1 is 0.648 bits per heavy atom. The van der Waals surface area contributed by atoms with Gasteiger partial charge in [0.2, 0.25) is 5.91 Å². The van der Waals surface area contributed by atoms with E-state index < -0.39 is 0 Å². The SMILES string of the molecule is C=C=C=CC(CCCC)CCOC(=O)CCCCCCCCCC(CCCCCCCCCC(=O)OCCC(C)CCCC)NC(=O)CN1CCCCC1. The van der Waals surface area contributed by atoms with Gasteiger partial charge in [-0.3, -0.25) is 19.3 Å². The lowest BCUT2D eigenvalue weighted by atomic mass is 9.99. The lowest BCUT2D eigenvalue weighted by molar-refractivity contribution is -0.145. The van der Waals surface area contributed by atoms with E-state index in [1.165, 1.54) is 83.5 Å². The molecule has 0 spiro atoms. The van der Waals surface area contributed by atoms with E-state index in [4.69, 9.17) is 9.47 Å². The Labute approximate surface area is 332 Å². The van der Waals surface area contributed by atoms with E-state index >= 15 is 0 Å². The minimum atomic E-state index is -0.0758. The molecule has 0 aliphatic carbocycles. The summed E-state index contributed by atoms with van der Waals surface area (Å²) in [6.45, 7) is 13.9. The van der Waals surface area contributed by atoms with E-state index in [1.54, 1.807) is 0 Å². The quantitative estimate of drug-likeness (QED) is 0.0389. The van der Waals surface area contributed by atoms with Crippen molar-refractivity contribution in [2.45, 2.75) is 213 Å². The molecule has 7 heteroatoms. The second-order valence-corrected chi connectivity index (χ2v) is 16.3. The first kappa shape index (κ1) is 49.7. The first-order valence-corrected chi connectivity index (χ1v) is 22.8. The third kappa shape index (κ3) is 30.9. The highest BCUT2D eigenvalue weighted by molar-refractivity contribution is 5.78. The van der Waals surface area contributed by atoms with Gasteiger partial charge in [-0.1, -0.05) is 148 Å². The van der Waals surface area contributed by atoms with Gasteiger partial charge in [0, 0.05) is 18.9 Å². The number of nitrogens with one attached hydrogen (secondary N) is 1. The number of esters is 2. The van der Waals surface area contributed by atoms with Gasteiger partial charge in [-0.15, -0.1) is 0 Å². The molecule has 54 heavy (non-hydrogen) atoms. The van der Waals surface area contributed by atoms with Crippen LogP contribution in [0.15, 0.2) is 24.1 Å². The molecule has 1 rings (SSSR count). The molecule has 0 saturated carbocycles. The predicted octanol–water partition coefficient (Wildman–Crippen LogP) is 12.0. The molecule has 0 aromatic heterocycles. The van der Waals surface area contributed by atoms with Crippen LogP contribution in [-0.4, -0.2) is 61.6 Å². The lowest BCUT2D eigenvalue weighted by Gasteiger charge is -2.27. The molecule has 1 heterocycles. The Bertz CT molecular complexity index is 1010. The first-order valence-electron chi connectivity index (χ1n) is 22.8. The van der Waals surface area contributed by atoms with Crippen LogP contribution in [0.1, 0.15) is 207 Å². The van der Waals surface area contributed by atoms with Gasteiger partial charge in [0.25, 0.3) is 0 Å². The maximum atomic E-state index is 13.0. The fraction of sp³-hybridized carbons (Fsp3) is 0.851. The largest absolute Gasteiger partial charge is 0.466 e. The van der Waals surface area contributed by atoms with Crippen molar-refractivity contribution in [3.8, 4) is 0 Å². The summed E-state index contributed by atoms with van der Waals surface area (Å²) in [6.07, 6.45) is 33.7. The van der Waals surface area contributed by atoms with Gasteiger partial charge in [-0.05, 0) is 95.4 Å². The Morgan fingerprint density at radius 2 is 1.15 bits per heavy atom. The molecule has 0 radical (unpaired) electrons. The number of rotatable bonds is 36. The summed E-state index contributed by atoms with van der Waals surface area (Å²) >= 11 is 0. The van der Waals surface area contributed by atoms with Crippen molar-refractivity contribution in [3.63, 3.8) is 0 Å². The molecular weight excluding hydrogens is 673 g/mol. The summed E-state index contributed by atoms with van der Waals surface area (Å²) < 4.78 is 11.0. The number of allylic oxidation sites excluding steroid dienone is 1. The maximum absolute atomic E-state index is 13.0. The number of piperidine rings is 1. The topological polar surface area (TPSA) is 84.9 Å². The molecule has 1 saturated heterocycles. The number of hydrogen-bond donors (Lipinski definition) is 1. The van der Waals surface area contributed by atoms with Crippen LogP contribution < -0.4 is 5.32 Å². The summed E-state index contributed by atoms with van der Waals surface area (Å²) in [4.78, 5) is 39.5. The molecule has 312 valence electrons. The maximum Gasteiger partial charge on any atom is 0.305 e. The van der Waals surface area contributed by atoms with Crippen LogP contribution in [0, 0.1) is 11.8 Å². The molecule has 1 fully saturated rings. The molecule has 0 bridgehead atoms. The molecular formula is C47H84N2O5. The van der Waals surface area contributed by atoms with Gasteiger partial charge < -0.3 is 14.8 Å². The van der Waals surface area contributed by atoms with Crippen molar-refractivity contribution in [3.05, 3.63) is 24.1 Å². The second kappa shape index (κ2) is 36.3. The molecule has 7 nitrogen and oxygen atoms in total. The summed E-state index contributed by atoms with van der Waals surface area (Å²) in [5.41, 5.74) is 5.65. The third-order valence-corrected chi connectivity index (χ3v) is 11.1.